The van der Waals surface area contributed by atoms with Crippen molar-refractivity contribution in [3.63, 3.8) is 0 Å². The Morgan fingerprint density at radius 1 is 1.29 bits per heavy atom. The van der Waals surface area contributed by atoms with Crippen molar-refractivity contribution in [2.24, 2.45) is 0 Å². The molecule has 13 heteroatoms. The summed E-state index contributed by atoms with van der Waals surface area (Å²) in [5.41, 5.74) is -0.0501. The van der Waals surface area contributed by atoms with E-state index in [1.165, 1.54) is 41.3 Å². The summed E-state index contributed by atoms with van der Waals surface area (Å²) in [6, 6.07) is 4.16. The average Bonchev–Trinajstić information content (AvgIpc) is 3.20. The molecule has 1 N–H and O–H groups in total. The average molecular weight is 485 g/mol. The molecule has 0 bridgehead atoms. The second kappa shape index (κ2) is 10.2. The zero-order chi connectivity index (χ0) is 22.5. The van der Waals surface area contributed by atoms with Gasteiger partial charge in [0, 0.05) is 43.9 Å². The largest absolute Gasteiger partial charge is 0.353 e. The van der Waals surface area contributed by atoms with Gasteiger partial charge in [-0.15, -0.1) is 10.2 Å². The van der Waals surface area contributed by atoms with Gasteiger partial charge in [0.15, 0.2) is 4.34 Å². The monoisotopic (exact) mass is 484 g/mol. The maximum absolute atomic E-state index is 12.7. The van der Waals surface area contributed by atoms with Crippen LogP contribution in [0.4, 0.5) is 10.8 Å². The van der Waals surface area contributed by atoms with E-state index < -0.39 is 4.92 Å². The van der Waals surface area contributed by atoms with Crippen molar-refractivity contribution in [3.05, 3.63) is 38.9 Å². The Hall–Kier alpha value is -2.44. The number of hydrogen-bond acceptors (Lipinski definition) is 9. The van der Waals surface area contributed by atoms with Crippen molar-refractivity contribution in [3.8, 4) is 0 Å². The van der Waals surface area contributed by atoms with Crippen molar-refractivity contribution < 1.29 is 14.5 Å². The van der Waals surface area contributed by atoms with Crippen LogP contribution in [0.3, 0.4) is 0 Å². The lowest BCUT2D eigenvalue weighted by atomic mass is 10.1. The SMILES string of the molecule is CC(C)NC(=O)CSc1nnc(N2CCN(C(=O)c3ccc(Cl)c([N+](=O)[O-])c3)CC2)s1. The van der Waals surface area contributed by atoms with E-state index in [1.807, 2.05) is 18.7 Å². The van der Waals surface area contributed by atoms with Crippen LogP contribution >= 0.6 is 34.7 Å². The fraction of sp³-hybridized carbons (Fsp3) is 0.444. The lowest BCUT2D eigenvalue weighted by Gasteiger charge is -2.34. The summed E-state index contributed by atoms with van der Waals surface area (Å²) in [5, 5.41) is 23.0. The number of benzene rings is 1. The van der Waals surface area contributed by atoms with Gasteiger partial charge in [0.25, 0.3) is 11.6 Å². The predicted molar refractivity (Wildman–Crippen MR) is 120 cm³/mol. The van der Waals surface area contributed by atoms with Crippen molar-refractivity contribution in [1.29, 1.82) is 0 Å². The summed E-state index contributed by atoms with van der Waals surface area (Å²) in [6.07, 6.45) is 0. The molecule has 3 rings (SSSR count). The Kier molecular flexibility index (Phi) is 7.68. The van der Waals surface area contributed by atoms with E-state index in [-0.39, 0.29) is 39.9 Å². The first-order valence-electron chi connectivity index (χ1n) is 9.48. The molecule has 166 valence electrons. The van der Waals surface area contributed by atoms with Crippen LogP contribution in [0.5, 0.6) is 0 Å². The minimum atomic E-state index is -0.603. The normalized spacial score (nSPS) is 14.1. The molecule has 2 heterocycles. The van der Waals surface area contributed by atoms with Crippen molar-refractivity contribution in [2.45, 2.75) is 24.2 Å². The summed E-state index contributed by atoms with van der Waals surface area (Å²) in [6.45, 7) is 5.85. The highest BCUT2D eigenvalue weighted by Gasteiger charge is 2.26. The molecule has 1 aliphatic heterocycles. The number of halogens is 1. The van der Waals surface area contributed by atoms with Gasteiger partial charge in [0.2, 0.25) is 11.0 Å². The number of nitro groups is 1. The van der Waals surface area contributed by atoms with Crippen LogP contribution < -0.4 is 10.2 Å². The van der Waals surface area contributed by atoms with Gasteiger partial charge in [-0.25, -0.2) is 0 Å². The van der Waals surface area contributed by atoms with Crippen LogP contribution in [0.1, 0.15) is 24.2 Å². The maximum Gasteiger partial charge on any atom is 0.288 e. The molecule has 10 nitrogen and oxygen atoms in total. The molecule has 2 aromatic rings. The zero-order valence-corrected chi connectivity index (χ0v) is 19.3. The molecule has 1 aromatic heterocycles. The molecule has 0 atom stereocenters. The maximum atomic E-state index is 12.7. The lowest BCUT2D eigenvalue weighted by Crippen LogP contribution is -2.48. The minimum Gasteiger partial charge on any atom is -0.353 e. The van der Waals surface area contributed by atoms with Gasteiger partial charge < -0.3 is 15.1 Å². The molecule has 0 aliphatic carbocycles. The van der Waals surface area contributed by atoms with Crippen LogP contribution in [0.15, 0.2) is 22.5 Å². The molecular formula is C18H21ClN6O4S2. The summed E-state index contributed by atoms with van der Waals surface area (Å²) < 4.78 is 0.709. The fourth-order valence-corrected chi connectivity index (χ4v) is 4.84. The van der Waals surface area contributed by atoms with E-state index in [0.717, 1.165) is 5.13 Å². The Morgan fingerprint density at radius 2 is 2.00 bits per heavy atom. The number of anilines is 1. The molecule has 0 radical (unpaired) electrons. The van der Waals surface area contributed by atoms with E-state index in [1.54, 1.807) is 4.90 Å². The number of hydrogen-bond donors (Lipinski definition) is 1. The lowest BCUT2D eigenvalue weighted by molar-refractivity contribution is -0.384. The highest BCUT2D eigenvalue weighted by Crippen LogP contribution is 2.29. The minimum absolute atomic E-state index is 0.00185. The molecule has 0 spiro atoms. The number of carbonyl (C=O) groups is 2. The first-order valence-corrected chi connectivity index (χ1v) is 11.7. The summed E-state index contributed by atoms with van der Waals surface area (Å²) in [4.78, 5) is 38.6. The van der Waals surface area contributed by atoms with Crippen LogP contribution in [0.25, 0.3) is 0 Å². The van der Waals surface area contributed by atoms with Gasteiger partial charge in [0.1, 0.15) is 5.02 Å². The number of aromatic nitrogens is 2. The highest BCUT2D eigenvalue weighted by molar-refractivity contribution is 8.01. The summed E-state index contributed by atoms with van der Waals surface area (Å²) >= 11 is 8.57. The Labute approximate surface area is 192 Å². The third-order valence-corrected chi connectivity index (χ3v) is 6.84. The van der Waals surface area contributed by atoms with E-state index in [4.69, 9.17) is 11.6 Å². The number of carbonyl (C=O) groups excluding carboxylic acids is 2. The molecule has 1 aliphatic rings. The van der Waals surface area contributed by atoms with E-state index in [0.29, 0.717) is 30.5 Å². The molecule has 0 unspecified atom stereocenters. The standard InChI is InChI=1S/C18H21ClN6O4S2/c1-11(2)20-15(26)10-30-18-22-21-17(31-18)24-7-5-23(6-8-24)16(27)12-3-4-13(19)14(9-12)25(28)29/h3-4,9,11H,5-8,10H2,1-2H3,(H,20,26). The van der Waals surface area contributed by atoms with Gasteiger partial charge in [-0.1, -0.05) is 34.7 Å². The fourth-order valence-electron chi connectivity index (χ4n) is 2.95. The molecule has 2 amide bonds. The Balaban J connectivity index is 1.55. The van der Waals surface area contributed by atoms with Crippen LogP contribution in [-0.4, -0.2) is 69.8 Å². The van der Waals surface area contributed by atoms with Gasteiger partial charge in [-0.3, -0.25) is 19.7 Å². The molecular weight excluding hydrogens is 464 g/mol. The van der Waals surface area contributed by atoms with Crippen molar-refractivity contribution in [1.82, 2.24) is 20.4 Å². The van der Waals surface area contributed by atoms with Crippen LogP contribution in [0.2, 0.25) is 5.02 Å². The number of thioether (sulfide) groups is 1. The second-order valence-electron chi connectivity index (χ2n) is 7.06. The Bertz CT molecular complexity index is 978. The first kappa shape index (κ1) is 23.2. The second-order valence-corrected chi connectivity index (χ2v) is 9.65. The summed E-state index contributed by atoms with van der Waals surface area (Å²) in [7, 11) is 0. The van der Waals surface area contributed by atoms with Gasteiger partial charge in [0.05, 0.1) is 10.7 Å². The molecule has 0 saturated carbocycles. The number of nitro benzene ring substituents is 1. The zero-order valence-electron chi connectivity index (χ0n) is 16.9. The number of nitrogens with zero attached hydrogens (tertiary/aromatic N) is 5. The third kappa shape index (κ3) is 6.05. The topological polar surface area (TPSA) is 122 Å². The molecule has 1 fully saturated rings. The number of piperazine rings is 1. The van der Waals surface area contributed by atoms with E-state index >= 15 is 0 Å². The van der Waals surface area contributed by atoms with Gasteiger partial charge in [-0.2, -0.15) is 0 Å². The molecule has 1 saturated heterocycles. The van der Waals surface area contributed by atoms with Gasteiger partial charge >= 0.3 is 0 Å². The van der Waals surface area contributed by atoms with Crippen molar-refractivity contribution >= 4 is 57.3 Å². The molecule has 1 aromatic carbocycles. The number of rotatable bonds is 7. The smallest absolute Gasteiger partial charge is 0.288 e. The predicted octanol–water partition coefficient (Wildman–Crippen LogP) is 2.68. The van der Waals surface area contributed by atoms with E-state index in [2.05, 4.69) is 15.5 Å². The van der Waals surface area contributed by atoms with Gasteiger partial charge in [-0.05, 0) is 26.0 Å². The number of amides is 2. The highest BCUT2D eigenvalue weighted by atomic mass is 35.5. The van der Waals surface area contributed by atoms with Crippen molar-refractivity contribution in [2.75, 3.05) is 36.8 Å². The van der Waals surface area contributed by atoms with Crippen LogP contribution in [0, 0.1) is 10.1 Å². The first-order chi connectivity index (χ1) is 14.7. The number of nitrogens with one attached hydrogen (secondary N) is 1. The van der Waals surface area contributed by atoms with Crippen LogP contribution in [-0.2, 0) is 4.79 Å². The molecule has 31 heavy (non-hydrogen) atoms. The third-order valence-electron chi connectivity index (χ3n) is 4.40. The Morgan fingerprint density at radius 3 is 2.65 bits per heavy atom. The van der Waals surface area contributed by atoms with E-state index in [9.17, 15) is 19.7 Å². The summed E-state index contributed by atoms with van der Waals surface area (Å²) in [5.74, 6) is -0.0436. The quantitative estimate of drug-likeness (QED) is 0.361.